The molecular weight excluding hydrogens is 252 g/mol. The smallest absolute Gasteiger partial charge is 0.337 e. The van der Waals surface area contributed by atoms with Crippen molar-refractivity contribution in [2.45, 2.75) is 0 Å². The van der Waals surface area contributed by atoms with Gasteiger partial charge in [0.2, 0.25) is 0 Å². The summed E-state index contributed by atoms with van der Waals surface area (Å²) in [7, 11) is 1.33. The van der Waals surface area contributed by atoms with E-state index in [-0.39, 0.29) is 11.0 Å². The van der Waals surface area contributed by atoms with Gasteiger partial charge in [0.1, 0.15) is 5.70 Å². The Morgan fingerprint density at radius 3 is 2.44 bits per heavy atom. The molecule has 0 aromatic heterocycles. The average molecular weight is 262 g/mol. The van der Waals surface area contributed by atoms with Gasteiger partial charge in [0.15, 0.2) is 5.11 Å². The maximum atomic E-state index is 11.4. The van der Waals surface area contributed by atoms with E-state index < -0.39 is 5.97 Å². The van der Waals surface area contributed by atoms with Gasteiger partial charge in [-0.2, -0.15) is 0 Å². The van der Waals surface area contributed by atoms with Crippen molar-refractivity contribution < 1.29 is 14.3 Å². The van der Waals surface area contributed by atoms with Gasteiger partial charge < -0.3 is 10.1 Å². The number of carbonyl (C=O) groups excluding carboxylic acids is 2. The molecule has 0 aliphatic carbocycles. The molecule has 2 rings (SSSR count). The van der Waals surface area contributed by atoms with Gasteiger partial charge in [-0.3, -0.25) is 10.1 Å². The summed E-state index contributed by atoms with van der Waals surface area (Å²) in [6, 6.07) is 6.69. The first-order valence-electron chi connectivity index (χ1n) is 5.12. The summed E-state index contributed by atoms with van der Waals surface area (Å²) in [5.41, 5.74) is 1.62. The fourth-order valence-corrected chi connectivity index (χ4v) is 1.69. The van der Waals surface area contributed by atoms with Gasteiger partial charge in [-0.1, -0.05) is 12.1 Å². The molecule has 0 saturated carbocycles. The van der Waals surface area contributed by atoms with Gasteiger partial charge in [0, 0.05) is 0 Å². The number of thiocarbonyl (C=S) groups is 1. The Morgan fingerprint density at radius 1 is 1.28 bits per heavy atom. The summed E-state index contributed by atoms with van der Waals surface area (Å²) in [5.74, 6) is -0.663. The van der Waals surface area contributed by atoms with E-state index in [0.29, 0.717) is 11.3 Å². The van der Waals surface area contributed by atoms with Crippen molar-refractivity contribution in [2.24, 2.45) is 0 Å². The van der Waals surface area contributed by atoms with Crippen LogP contribution >= 0.6 is 12.2 Å². The van der Waals surface area contributed by atoms with Gasteiger partial charge in [-0.15, -0.1) is 0 Å². The number of esters is 1. The Kier molecular flexibility index (Phi) is 3.38. The van der Waals surface area contributed by atoms with Gasteiger partial charge in [0.25, 0.3) is 5.91 Å². The van der Waals surface area contributed by atoms with E-state index in [2.05, 4.69) is 15.4 Å². The zero-order valence-electron chi connectivity index (χ0n) is 9.52. The van der Waals surface area contributed by atoms with Crippen LogP contribution in [-0.2, 0) is 9.53 Å². The lowest BCUT2D eigenvalue weighted by Crippen LogP contribution is -2.21. The largest absolute Gasteiger partial charge is 0.465 e. The first kappa shape index (κ1) is 12.3. The number of amides is 1. The molecule has 1 aromatic rings. The van der Waals surface area contributed by atoms with Crippen LogP contribution in [0.5, 0.6) is 0 Å². The molecule has 2 N–H and O–H groups in total. The SMILES string of the molecule is COC(=O)c1ccc(C=C2NC(=S)NC2=O)cc1. The minimum absolute atomic E-state index is 0.267. The summed E-state index contributed by atoms with van der Waals surface area (Å²) >= 11 is 4.82. The zero-order chi connectivity index (χ0) is 13.1. The lowest BCUT2D eigenvalue weighted by atomic mass is 10.1. The molecule has 1 fully saturated rings. The third kappa shape index (κ3) is 2.54. The normalized spacial score (nSPS) is 16.4. The van der Waals surface area contributed by atoms with E-state index in [0.717, 1.165) is 5.56 Å². The van der Waals surface area contributed by atoms with Crippen LogP contribution in [0.25, 0.3) is 6.08 Å². The Labute approximate surface area is 109 Å². The van der Waals surface area contributed by atoms with Crippen molar-refractivity contribution in [3.63, 3.8) is 0 Å². The number of rotatable bonds is 2. The lowest BCUT2D eigenvalue weighted by molar-refractivity contribution is -0.115. The average Bonchev–Trinajstić information content (AvgIpc) is 2.68. The van der Waals surface area contributed by atoms with E-state index in [9.17, 15) is 9.59 Å². The Hall–Kier alpha value is -2.21. The zero-order valence-corrected chi connectivity index (χ0v) is 10.3. The molecule has 0 bridgehead atoms. The molecule has 1 heterocycles. The fraction of sp³-hybridized carbons (Fsp3) is 0.0833. The van der Waals surface area contributed by atoms with Crippen LogP contribution in [-0.4, -0.2) is 24.1 Å². The van der Waals surface area contributed by atoms with Crippen molar-refractivity contribution in [1.82, 2.24) is 10.6 Å². The fourth-order valence-electron chi connectivity index (χ4n) is 1.48. The van der Waals surface area contributed by atoms with Crippen LogP contribution in [0.2, 0.25) is 0 Å². The van der Waals surface area contributed by atoms with E-state index in [1.54, 1.807) is 30.3 Å². The van der Waals surface area contributed by atoms with Gasteiger partial charge >= 0.3 is 5.97 Å². The number of hydrogen-bond acceptors (Lipinski definition) is 4. The molecule has 1 saturated heterocycles. The van der Waals surface area contributed by atoms with Crippen LogP contribution in [0.1, 0.15) is 15.9 Å². The van der Waals surface area contributed by atoms with Crippen molar-refractivity contribution in [2.75, 3.05) is 7.11 Å². The molecule has 0 radical (unpaired) electrons. The quantitative estimate of drug-likeness (QED) is 0.469. The molecular formula is C12H10N2O3S. The first-order valence-corrected chi connectivity index (χ1v) is 5.53. The Balaban J connectivity index is 2.21. The highest BCUT2D eigenvalue weighted by Crippen LogP contribution is 2.10. The summed E-state index contributed by atoms with van der Waals surface area (Å²) in [5, 5.41) is 5.50. The van der Waals surface area contributed by atoms with E-state index in [4.69, 9.17) is 12.2 Å². The molecule has 18 heavy (non-hydrogen) atoms. The molecule has 6 heteroatoms. The van der Waals surface area contributed by atoms with Gasteiger partial charge in [-0.05, 0) is 36.0 Å². The predicted molar refractivity (Wildman–Crippen MR) is 69.6 cm³/mol. The summed E-state index contributed by atoms with van der Waals surface area (Å²) < 4.78 is 4.59. The summed E-state index contributed by atoms with van der Waals surface area (Å²) in [6.45, 7) is 0. The Bertz CT molecular complexity index is 549. The third-order valence-electron chi connectivity index (χ3n) is 2.36. The molecule has 0 atom stereocenters. The van der Waals surface area contributed by atoms with Crippen molar-refractivity contribution in [1.29, 1.82) is 0 Å². The van der Waals surface area contributed by atoms with Crippen LogP contribution in [0.3, 0.4) is 0 Å². The standard InChI is InChI=1S/C12H10N2O3S/c1-17-11(16)8-4-2-7(3-5-8)6-9-10(15)14-12(18)13-9/h2-6H,1H3,(H2,13,14,15,18). The maximum Gasteiger partial charge on any atom is 0.337 e. The monoisotopic (exact) mass is 262 g/mol. The van der Waals surface area contributed by atoms with Crippen LogP contribution in [0.4, 0.5) is 0 Å². The molecule has 1 aliphatic heterocycles. The summed E-state index contributed by atoms with van der Waals surface area (Å²) in [4.78, 5) is 22.6. The number of nitrogens with one attached hydrogen (secondary N) is 2. The molecule has 0 unspecified atom stereocenters. The number of carbonyl (C=O) groups is 2. The Morgan fingerprint density at radius 2 is 1.94 bits per heavy atom. The minimum Gasteiger partial charge on any atom is -0.465 e. The lowest BCUT2D eigenvalue weighted by Gasteiger charge is -2.00. The second-order valence-corrected chi connectivity index (χ2v) is 3.99. The van der Waals surface area contributed by atoms with Crippen molar-refractivity contribution in [3.05, 3.63) is 41.1 Å². The van der Waals surface area contributed by atoms with E-state index in [1.165, 1.54) is 7.11 Å². The third-order valence-corrected chi connectivity index (χ3v) is 2.57. The molecule has 0 spiro atoms. The topological polar surface area (TPSA) is 67.4 Å². The van der Waals surface area contributed by atoms with E-state index >= 15 is 0 Å². The first-order chi connectivity index (χ1) is 8.60. The van der Waals surface area contributed by atoms with Crippen LogP contribution in [0, 0.1) is 0 Å². The highest BCUT2D eigenvalue weighted by molar-refractivity contribution is 7.80. The predicted octanol–water partition coefficient (Wildman–Crippen LogP) is 0.818. The highest BCUT2D eigenvalue weighted by Gasteiger charge is 2.19. The molecule has 1 amide bonds. The van der Waals surface area contributed by atoms with Gasteiger partial charge in [-0.25, -0.2) is 4.79 Å². The molecule has 92 valence electrons. The molecule has 1 aromatic carbocycles. The second-order valence-electron chi connectivity index (χ2n) is 3.58. The molecule has 5 nitrogen and oxygen atoms in total. The number of hydrogen-bond donors (Lipinski definition) is 2. The summed E-state index contributed by atoms with van der Waals surface area (Å²) in [6.07, 6.45) is 1.65. The minimum atomic E-state index is -0.396. The van der Waals surface area contributed by atoms with Crippen LogP contribution in [0.15, 0.2) is 30.0 Å². The van der Waals surface area contributed by atoms with Crippen molar-refractivity contribution in [3.8, 4) is 0 Å². The number of ether oxygens (including phenoxy) is 1. The molecule has 1 aliphatic rings. The van der Waals surface area contributed by atoms with Crippen LogP contribution < -0.4 is 10.6 Å². The van der Waals surface area contributed by atoms with Gasteiger partial charge in [0.05, 0.1) is 12.7 Å². The number of benzene rings is 1. The number of methoxy groups -OCH3 is 1. The van der Waals surface area contributed by atoms with E-state index in [1.807, 2.05) is 0 Å². The van der Waals surface area contributed by atoms with Crippen molar-refractivity contribution >= 4 is 35.3 Å². The maximum absolute atomic E-state index is 11.4. The second kappa shape index (κ2) is 4.97. The highest BCUT2D eigenvalue weighted by atomic mass is 32.1.